The Morgan fingerprint density at radius 1 is 1.15 bits per heavy atom. The molecule has 0 unspecified atom stereocenters. The minimum atomic E-state index is -4.48. The number of ether oxygens (including phenoxy) is 2. The first-order chi connectivity index (χ1) is 12.2. The highest BCUT2D eigenvalue weighted by Crippen LogP contribution is 2.18. The zero-order valence-corrected chi connectivity index (χ0v) is 15.2. The van der Waals surface area contributed by atoms with Gasteiger partial charge in [0.25, 0.3) is 5.91 Å². The van der Waals surface area contributed by atoms with Crippen LogP contribution in [0.3, 0.4) is 0 Å². The molecule has 0 bridgehead atoms. The molecule has 138 valence electrons. The Bertz CT molecular complexity index is 782. The molecule has 0 saturated heterocycles. The summed E-state index contributed by atoms with van der Waals surface area (Å²) in [6, 6.07) is 9.36. The first-order valence-electron chi connectivity index (χ1n) is 7.12. The van der Waals surface area contributed by atoms with Crippen molar-refractivity contribution >= 4 is 40.2 Å². The van der Waals surface area contributed by atoms with Crippen molar-refractivity contribution in [3.05, 3.63) is 51.7 Å². The van der Waals surface area contributed by atoms with Gasteiger partial charge in [-0.3, -0.25) is 4.79 Å². The SMILES string of the molecule is O=C(COC(=O)c1ccc(OCC(F)(F)F)nc1)Nc1ccccc1I. The molecule has 0 spiro atoms. The Morgan fingerprint density at radius 3 is 2.50 bits per heavy atom. The van der Waals surface area contributed by atoms with Crippen molar-refractivity contribution in [2.24, 2.45) is 0 Å². The van der Waals surface area contributed by atoms with E-state index in [2.05, 4.69) is 15.0 Å². The number of halogens is 4. The highest BCUT2D eigenvalue weighted by atomic mass is 127. The molecule has 6 nitrogen and oxygen atoms in total. The van der Waals surface area contributed by atoms with Gasteiger partial charge in [0.2, 0.25) is 5.88 Å². The summed E-state index contributed by atoms with van der Waals surface area (Å²) >= 11 is 2.05. The molecule has 0 fully saturated rings. The van der Waals surface area contributed by atoms with Crippen molar-refractivity contribution < 1.29 is 32.2 Å². The van der Waals surface area contributed by atoms with Crippen LogP contribution in [0, 0.1) is 3.57 Å². The Kier molecular flexibility index (Phi) is 6.77. The first kappa shape index (κ1) is 19.9. The molecule has 1 N–H and O–H groups in total. The summed E-state index contributed by atoms with van der Waals surface area (Å²) in [5, 5.41) is 2.59. The molecule has 0 radical (unpaired) electrons. The predicted molar refractivity (Wildman–Crippen MR) is 93.9 cm³/mol. The van der Waals surface area contributed by atoms with Gasteiger partial charge in [-0.1, -0.05) is 12.1 Å². The number of alkyl halides is 3. The van der Waals surface area contributed by atoms with Crippen LogP contribution in [0.15, 0.2) is 42.6 Å². The van der Waals surface area contributed by atoms with E-state index in [1.54, 1.807) is 18.2 Å². The number of hydrogen-bond donors (Lipinski definition) is 1. The van der Waals surface area contributed by atoms with Gasteiger partial charge in [-0.15, -0.1) is 0 Å². The van der Waals surface area contributed by atoms with E-state index < -0.39 is 31.3 Å². The van der Waals surface area contributed by atoms with Crippen LogP contribution in [0.2, 0.25) is 0 Å². The predicted octanol–water partition coefficient (Wildman–Crippen LogP) is 3.42. The molecule has 1 heterocycles. The molecule has 0 saturated carbocycles. The van der Waals surface area contributed by atoms with E-state index in [9.17, 15) is 22.8 Å². The number of carbonyl (C=O) groups is 2. The molecule has 1 aromatic heterocycles. The van der Waals surface area contributed by atoms with E-state index in [0.717, 1.165) is 15.8 Å². The van der Waals surface area contributed by atoms with E-state index in [1.165, 1.54) is 6.07 Å². The number of esters is 1. The molecule has 26 heavy (non-hydrogen) atoms. The zero-order chi connectivity index (χ0) is 19.2. The smallest absolute Gasteiger partial charge is 0.422 e. The monoisotopic (exact) mass is 480 g/mol. The maximum Gasteiger partial charge on any atom is 0.422 e. The highest BCUT2D eigenvalue weighted by Gasteiger charge is 2.28. The number of pyridine rings is 1. The maximum atomic E-state index is 12.0. The molecule has 1 amide bonds. The topological polar surface area (TPSA) is 77.5 Å². The van der Waals surface area contributed by atoms with Crippen LogP contribution in [-0.2, 0) is 9.53 Å². The normalized spacial score (nSPS) is 10.9. The van der Waals surface area contributed by atoms with E-state index in [0.29, 0.717) is 5.69 Å². The number of anilines is 1. The van der Waals surface area contributed by atoms with Crippen LogP contribution >= 0.6 is 22.6 Å². The summed E-state index contributed by atoms with van der Waals surface area (Å²) in [4.78, 5) is 27.2. The van der Waals surface area contributed by atoms with Gasteiger partial charge >= 0.3 is 12.1 Å². The Morgan fingerprint density at radius 2 is 1.88 bits per heavy atom. The van der Waals surface area contributed by atoms with Crippen molar-refractivity contribution in [1.29, 1.82) is 0 Å². The lowest BCUT2D eigenvalue weighted by molar-refractivity contribution is -0.154. The van der Waals surface area contributed by atoms with Crippen LogP contribution in [0.25, 0.3) is 0 Å². The molecular formula is C16H12F3IN2O4. The van der Waals surface area contributed by atoms with E-state index >= 15 is 0 Å². The summed E-state index contributed by atoms with van der Waals surface area (Å²) in [6.07, 6.45) is -3.48. The lowest BCUT2D eigenvalue weighted by Crippen LogP contribution is -2.21. The quantitative estimate of drug-likeness (QED) is 0.507. The van der Waals surface area contributed by atoms with E-state index in [4.69, 9.17) is 4.74 Å². The van der Waals surface area contributed by atoms with Gasteiger partial charge in [0.15, 0.2) is 13.2 Å². The summed E-state index contributed by atoms with van der Waals surface area (Å²) < 4.78 is 46.2. The third-order valence-electron chi connectivity index (χ3n) is 2.84. The fraction of sp³-hybridized carbons (Fsp3) is 0.188. The fourth-order valence-electron chi connectivity index (χ4n) is 1.71. The average molecular weight is 480 g/mol. The number of para-hydroxylation sites is 1. The lowest BCUT2D eigenvalue weighted by atomic mass is 10.3. The largest absolute Gasteiger partial charge is 0.468 e. The minimum absolute atomic E-state index is 0.0218. The van der Waals surface area contributed by atoms with Gasteiger partial charge in [-0.25, -0.2) is 9.78 Å². The Balaban J connectivity index is 1.84. The summed E-state index contributed by atoms with van der Waals surface area (Å²) in [5.41, 5.74) is 0.563. The van der Waals surface area contributed by atoms with Gasteiger partial charge in [-0.05, 0) is 40.8 Å². The molecule has 0 aliphatic heterocycles. The standard InChI is InChI=1S/C16H12F3IN2O4/c17-16(18,19)9-26-14-6-5-10(7-21-14)15(24)25-8-13(23)22-12-4-2-1-3-11(12)20/h1-7H,8-9H2,(H,22,23). The number of hydrogen-bond acceptors (Lipinski definition) is 5. The second-order valence-corrected chi connectivity index (χ2v) is 6.06. The van der Waals surface area contributed by atoms with Gasteiger partial charge in [0.05, 0.1) is 11.3 Å². The van der Waals surface area contributed by atoms with E-state index in [1.807, 2.05) is 28.7 Å². The van der Waals surface area contributed by atoms with Crippen molar-refractivity contribution in [1.82, 2.24) is 4.98 Å². The maximum absolute atomic E-state index is 12.0. The summed E-state index contributed by atoms with van der Waals surface area (Å²) in [7, 11) is 0. The van der Waals surface area contributed by atoms with Crippen LogP contribution in [0.1, 0.15) is 10.4 Å². The van der Waals surface area contributed by atoms with Crippen LogP contribution < -0.4 is 10.1 Å². The van der Waals surface area contributed by atoms with Crippen molar-refractivity contribution in [3.8, 4) is 5.88 Å². The minimum Gasteiger partial charge on any atom is -0.468 e. The van der Waals surface area contributed by atoms with Gasteiger partial charge in [0, 0.05) is 15.8 Å². The van der Waals surface area contributed by atoms with Crippen molar-refractivity contribution in [2.75, 3.05) is 18.5 Å². The van der Waals surface area contributed by atoms with Crippen LogP contribution in [0.4, 0.5) is 18.9 Å². The number of carbonyl (C=O) groups excluding carboxylic acids is 2. The van der Waals surface area contributed by atoms with Crippen LogP contribution in [-0.4, -0.2) is 36.3 Å². The number of nitrogens with one attached hydrogen (secondary N) is 1. The third kappa shape index (κ3) is 6.50. The van der Waals surface area contributed by atoms with Gasteiger partial charge in [-0.2, -0.15) is 13.2 Å². The number of rotatable bonds is 6. The molecule has 10 heteroatoms. The lowest BCUT2D eigenvalue weighted by Gasteiger charge is -2.09. The first-order valence-corrected chi connectivity index (χ1v) is 8.19. The molecule has 2 rings (SSSR count). The third-order valence-corrected chi connectivity index (χ3v) is 3.78. The molecule has 0 atom stereocenters. The van der Waals surface area contributed by atoms with Gasteiger partial charge in [0.1, 0.15) is 0 Å². The number of nitrogens with zero attached hydrogens (tertiary/aromatic N) is 1. The number of amides is 1. The molecule has 1 aromatic carbocycles. The number of benzene rings is 1. The summed E-state index contributed by atoms with van der Waals surface area (Å²) in [6.45, 7) is -2.00. The molecule has 0 aliphatic carbocycles. The zero-order valence-electron chi connectivity index (χ0n) is 13.0. The average Bonchev–Trinajstić information content (AvgIpc) is 2.60. The van der Waals surface area contributed by atoms with E-state index in [-0.39, 0.29) is 11.4 Å². The Labute approximate surface area is 159 Å². The second kappa shape index (κ2) is 8.83. The number of aromatic nitrogens is 1. The fourth-order valence-corrected chi connectivity index (χ4v) is 2.23. The molecule has 0 aliphatic rings. The summed E-state index contributed by atoms with van der Waals surface area (Å²) in [5.74, 6) is -1.64. The molecular weight excluding hydrogens is 468 g/mol. The van der Waals surface area contributed by atoms with Crippen LogP contribution in [0.5, 0.6) is 5.88 Å². The van der Waals surface area contributed by atoms with Crippen molar-refractivity contribution in [3.63, 3.8) is 0 Å². The highest BCUT2D eigenvalue weighted by molar-refractivity contribution is 14.1. The Hall–Kier alpha value is -2.37. The van der Waals surface area contributed by atoms with Gasteiger partial charge < -0.3 is 14.8 Å². The second-order valence-electron chi connectivity index (χ2n) is 4.89. The molecule has 2 aromatic rings. The van der Waals surface area contributed by atoms with Crippen molar-refractivity contribution in [2.45, 2.75) is 6.18 Å².